The molecule has 2 aromatic carbocycles. The molecule has 0 radical (unpaired) electrons. The second kappa shape index (κ2) is 8.64. The molecule has 5 nitrogen and oxygen atoms in total. The lowest BCUT2D eigenvalue weighted by molar-refractivity contribution is -0.124. The predicted octanol–water partition coefficient (Wildman–Crippen LogP) is 3.22. The molecule has 5 rings (SSSR count). The predicted molar refractivity (Wildman–Crippen MR) is 125 cm³/mol. The quantitative estimate of drug-likeness (QED) is 0.795. The number of piperidine rings is 1. The third kappa shape index (κ3) is 3.85. The molecule has 0 saturated carbocycles. The number of hydrogen-bond acceptors (Lipinski definition) is 3. The summed E-state index contributed by atoms with van der Waals surface area (Å²) < 4.78 is 0. The Morgan fingerprint density at radius 1 is 0.968 bits per heavy atom. The molecule has 31 heavy (non-hydrogen) atoms. The van der Waals surface area contributed by atoms with E-state index in [4.69, 9.17) is 5.73 Å². The van der Waals surface area contributed by atoms with Crippen LogP contribution in [0.25, 0.3) is 0 Å². The fraction of sp³-hybridized carbons (Fsp3) is 0.440. The number of fused-ring (bicyclic) bond motifs is 3. The number of para-hydroxylation sites is 1. The van der Waals surface area contributed by atoms with Crippen LogP contribution in [0.1, 0.15) is 42.4 Å². The molecule has 2 N–H and O–H groups in total. The van der Waals surface area contributed by atoms with Crippen molar-refractivity contribution in [3.63, 3.8) is 0 Å². The highest BCUT2D eigenvalue weighted by molar-refractivity contribution is 6.03. The summed E-state index contributed by atoms with van der Waals surface area (Å²) in [7, 11) is 0. The number of halogens is 1. The molecule has 3 aliphatic rings. The molecular weight excluding hydrogens is 410 g/mol. The van der Waals surface area contributed by atoms with Crippen LogP contribution in [-0.2, 0) is 27.8 Å². The molecular formula is C25H30ClN3O2. The van der Waals surface area contributed by atoms with Gasteiger partial charge >= 0.3 is 0 Å². The molecule has 2 amide bonds. The zero-order valence-electron chi connectivity index (χ0n) is 17.8. The fourth-order valence-corrected chi connectivity index (χ4v) is 5.78. The normalized spacial score (nSPS) is 21.4. The van der Waals surface area contributed by atoms with Crippen LogP contribution < -0.4 is 10.6 Å². The van der Waals surface area contributed by atoms with E-state index >= 15 is 0 Å². The van der Waals surface area contributed by atoms with Gasteiger partial charge < -0.3 is 10.6 Å². The van der Waals surface area contributed by atoms with E-state index in [0.29, 0.717) is 18.3 Å². The van der Waals surface area contributed by atoms with Crippen LogP contribution in [0.15, 0.2) is 48.5 Å². The highest BCUT2D eigenvalue weighted by Crippen LogP contribution is 2.46. The van der Waals surface area contributed by atoms with E-state index in [1.165, 1.54) is 18.4 Å². The summed E-state index contributed by atoms with van der Waals surface area (Å²) in [5.74, 6) is -0.436. The highest BCUT2D eigenvalue weighted by Gasteiger charge is 2.41. The van der Waals surface area contributed by atoms with Crippen molar-refractivity contribution in [1.82, 2.24) is 4.90 Å². The number of aryl methyl sites for hydroxylation is 1. The smallest absolute Gasteiger partial charge is 0.240 e. The van der Waals surface area contributed by atoms with Crippen molar-refractivity contribution < 1.29 is 9.59 Å². The zero-order valence-corrected chi connectivity index (χ0v) is 18.6. The summed E-state index contributed by atoms with van der Waals surface area (Å²) in [5.41, 5.74) is 10.9. The Balaban J connectivity index is 0.00000231. The second-order valence-corrected chi connectivity index (χ2v) is 9.04. The van der Waals surface area contributed by atoms with E-state index in [0.717, 1.165) is 43.7 Å². The van der Waals surface area contributed by atoms with Crippen molar-refractivity contribution in [2.24, 2.45) is 5.73 Å². The van der Waals surface area contributed by atoms with Crippen LogP contribution in [0.4, 0.5) is 5.69 Å². The first-order valence-electron chi connectivity index (χ1n) is 11.1. The van der Waals surface area contributed by atoms with Gasteiger partial charge in [0.05, 0.1) is 0 Å². The van der Waals surface area contributed by atoms with E-state index in [2.05, 4.69) is 29.2 Å². The maximum Gasteiger partial charge on any atom is 0.240 e. The van der Waals surface area contributed by atoms with Crippen molar-refractivity contribution in [1.29, 1.82) is 0 Å². The van der Waals surface area contributed by atoms with Crippen molar-refractivity contribution >= 4 is 29.9 Å². The molecule has 0 unspecified atom stereocenters. The lowest BCUT2D eigenvalue weighted by Crippen LogP contribution is -2.47. The average molecular weight is 440 g/mol. The minimum absolute atomic E-state index is 0. The van der Waals surface area contributed by atoms with E-state index in [1.807, 2.05) is 24.3 Å². The Labute approximate surface area is 190 Å². The van der Waals surface area contributed by atoms with Crippen molar-refractivity contribution in [3.8, 4) is 0 Å². The molecule has 2 aromatic rings. The molecule has 1 spiro atoms. The Morgan fingerprint density at radius 2 is 1.65 bits per heavy atom. The number of rotatable bonds is 4. The van der Waals surface area contributed by atoms with E-state index < -0.39 is 11.9 Å². The fourth-order valence-electron chi connectivity index (χ4n) is 5.78. The second-order valence-electron chi connectivity index (χ2n) is 9.04. The zero-order chi connectivity index (χ0) is 20.7. The molecule has 0 bridgehead atoms. The molecule has 2 aliphatic heterocycles. The number of likely N-dealkylation sites (tertiary alicyclic amines) is 1. The van der Waals surface area contributed by atoms with Crippen LogP contribution in [0.3, 0.4) is 0 Å². The molecule has 0 aromatic heterocycles. The Kier molecular flexibility index (Phi) is 6.09. The van der Waals surface area contributed by atoms with Gasteiger partial charge in [-0.25, -0.2) is 0 Å². The summed E-state index contributed by atoms with van der Waals surface area (Å²) in [6.45, 7) is 2.79. The number of carbonyl (C=O) groups is 2. The Morgan fingerprint density at radius 3 is 2.39 bits per heavy atom. The van der Waals surface area contributed by atoms with Gasteiger partial charge in [-0.05, 0) is 66.9 Å². The molecule has 1 saturated heterocycles. The molecule has 6 heteroatoms. The number of hydrogen-bond donors (Lipinski definition) is 1. The number of nitrogens with zero attached hydrogens (tertiary/aromatic N) is 2. The van der Waals surface area contributed by atoms with Crippen LogP contribution in [0.5, 0.6) is 0 Å². The number of primary amides is 1. The van der Waals surface area contributed by atoms with Gasteiger partial charge in [0.2, 0.25) is 11.8 Å². The number of amides is 2. The van der Waals surface area contributed by atoms with Crippen LogP contribution >= 0.6 is 12.4 Å². The van der Waals surface area contributed by atoms with Crippen molar-refractivity contribution in [2.75, 3.05) is 24.5 Å². The monoisotopic (exact) mass is 439 g/mol. The van der Waals surface area contributed by atoms with Gasteiger partial charge in [0.15, 0.2) is 0 Å². The largest absolute Gasteiger partial charge is 0.368 e. The lowest BCUT2D eigenvalue weighted by Gasteiger charge is -2.40. The minimum Gasteiger partial charge on any atom is -0.368 e. The van der Waals surface area contributed by atoms with Gasteiger partial charge in [-0.3, -0.25) is 14.5 Å². The first-order valence-corrected chi connectivity index (χ1v) is 11.1. The average Bonchev–Trinajstić information content (AvgIpc) is 3.33. The lowest BCUT2D eigenvalue weighted by atomic mass is 9.74. The van der Waals surface area contributed by atoms with Crippen LogP contribution in [0, 0.1) is 0 Å². The van der Waals surface area contributed by atoms with Crippen LogP contribution in [0.2, 0.25) is 0 Å². The standard InChI is InChI=1S/C25H29N3O2.ClH/c26-24(30)22-17-19-6-2-4-8-21(19)28(22)23(29)10-14-27-15-12-25(13-16-27)11-9-18-5-1-3-7-20(18)25;/h1-8,22H,9-17H2,(H2,26,30);1H/t22-;/m0./s1. The Hall–Kier alpha value is -2.37. The van der Waals surface area contributed by atoms with E-state index in [1.54, 1.807) is 10.5 Å². The summed E-state index contributed by atoms with van der Waals surface area (Å²) in [6.07, 6.45) is 5.70. The van der Waals surface area contributed by atoms with E-state index in [-0.39, 0.29) is 18.3 Å². The Bertz CT molecular complexity index is 984. The van der Waals surface area contributed by atoms with E-state index in [9.17, 15) is 9.59 Å². The number of anilines is 1. The highest BCUT2D eigenvalue weighted by atomic mass is 35.5. The minimum atomic E-state index is -0.561. The number of carbonyl (C=O) groups excluding carboxylic acids is 2. The van der Waals surface area contributed by atoms with Gasteiger partial charge in [-0.1, -0.05) is 42.5 Å². The van der Waals surface area contributed by atoms with Crippen LogP contribution in [-0.4, -0.2) is 42.4 Å². The van der Waals surface area contributed by atoms with Gasteiger partial charge in [0.1, 0.15) is 6.04 Å². The molecule has 2 heterocycles. The molecule has 1 fully saturated rings. The van der Waals surface area contributed by atoms with Gasteiger partial charge in [-0.15, -0.1) is 12.4 Å². The van der Waals surface area contributed by atoms with Crippen molar-refractivity contribution in [3.05, 3.63) is 65.2 Å². The first kappa shape index (κ1) is 21.8. The number of benzene rings is 2. The number of nitrogens with two attached hydrogens (primary N) is 1. The SMILES string of the molecule is Cl.NC(=O)[C@@H]1Cc2ccccc2N1C(=O)CCN1CCC2(CCc3ccccc32)CC1. The summed E-state index contributed by atoms with van der Waals surface area (Å²) >= 11 is 0. The van der Waals surface area contributed by atoms with Gasteiger partial charge in [0, 0.05) is 25.1 Å². The maximum absolute atomic E-state index is 13.1. The first-order chi connectivity index (χ1) is 14.6. The summed E-state index contributed by atoms with van der Waals surface area (Å²) in [4.78, 5) is 29.1. The van der Waals surface area contributed by atoms with Gasteiger partial charge in [-0.2, -0.15) is 0 Å². The van der Waals surface area contributed by atoms with Crippen molar-refractivity contribution in [2.45, 2.75) is 50.0 Å². The third-order valence-corrected chi connectivity index (χ3v) is 7.49. The topological polar surface area (TPSA) is 66.6 Å². The third-order valence-electron chi connectivity index (χ3n) is 7.49. The molecule has 1 atom stereocenters. The molecule has 1 aliphatic carbocycles. The molecule has 164 valence electrons. The maximum atomic E-state index is 13.1. The summed E-state index contributed by atoms with van der Waals surface area (Å²) in [6, 6.07) is 16.1. The van der Waals surface area contributed by atoms with Gasteiger partial charge in [0.25, 0.3) is 0 Å². The summed E-state index contributed by atoms with van der Waals surface area (Å²) in [5, 5.41) is 0.